The van der Waals surface area contributed by atoms with E-state index in [0.717, 1.165) is 27.0 Å². The summed E-state index contributed by atoms with van der Waals surface area (Å²) in [4.78, 5) is 12.0. The van der Waals surface area contributed by atoms with Gasteiger partial charge in [-0.15, -0.1) is 0 Å². The second-order valence-electron chi connectivity index (χ2n) is 3.89. The van der Waals surface area contributed by atoms with Gasteiger partial charge in [-0.25, -0.2) is 9.97 Å². The SMILES string of the molecule is Cc1nc(C)c(-c2nc3ccc(Br)cc3[nH]2)o1. The molecule has 0 amide bonds. The van der Waals surface area contributed by atoms with Gasteiger partial charge in [0.25, 0.3) is 0 Å². The highest BCUT2D eigenvalue weighted by Gasteiger charge is 2.13. The summed E-state index contributed by atoms with van der Waals surface area (Å²) in [6.45, 7) is 3.74. The number of H-pyrrole nitrogens is 1. The first-order chi connectivity index (χ1) is 8.13. The van der Waals surface area contributed by atoms with E-state index in [1.54, 1.807) is 0 Å². The average Bonchev–Trinajstić information content (AvgIpc) is 2.80. The van der Waals surface area contributed by atoms with E-state index >= 15 is 0 Å². The molecule has 0 aliphatic rings. The van der Waals surface area contributed by atoms with Crippen LogP contribution in [0.2, 0.25) is 0 Å². The number of hydrogen-bond acceptors (Lipinski definition) is 3. The van der Waals surface area contributed by atoms with Crippen molar-refractivity contribution in [3.8, 4) is 11.6 Å². The number of benzene rings is 1. The van der Waals surface area contributed by atoms with E-state index in [4.69, 9.17) is 4.42 Å². The van der Waals surface area contributed by atoms with Crippen LogP contribution in [0.3, 0.4) is 0 Å². The minimum Gasteiger partial charge on any atom is -0.437 e. The minimum atomic E-state index is 0.652. The number of aromatic amines is 1. The summed E-state index contributed by atoms with van der Waals surface area (Å²) in [6, 6.07) is 5.91. The lowest BCUT2D eigenvalue weighted by atomic mass is 10.3. The van der Waals surface area contributed by atoms with Crippen molar-refractivity contribution in [1.29, 1.82) is 0 Å². The van der Waals surface area contributed by atoms with Crippen LogP contribution in [0.15, 0.2) is 27.1 Å². The number of nitrogens with zero attached hydrogens (tertiary/aromatic N) is 2. The highest BCUT2D eigenvalue weighted by Crippen LogP contribution is 2.25. The number of fused-ring (bicyclic) bond motifs is 1. The summed E-state index contributed by atoms with van der Waals surface area (Å²) in [6.07, 6.45) is 0. The molecule has 3 rings (SSSR count). The molecular weight excluding hydrogens is 282 g/mol. The Kier molecular flexibility index (Phi) is 2.29. The number of rotatable bonds is 1. The summed E-state index contributed by atoms with van der Waals surface area (Å²) < 4.78 is 6.56. The van der Waals surface area contributed by atoms with Crippen molar-refractivity contribution in [2.24, 2.45) is 0 Å². The third-order valence-electron chi connectivity index (χ3n) is 2.56. The molecule has 5 heteroatoms. The second-order valence-corrected chi connectivity index (χ2v) is 4.81. The van der Waals surface area contributed by atoms with Crippen molar-refractivity contribution >= 4 is 27.0 Å². The van der Waals surface area contributed by atoms with E-state index in [1.165, 1.54) is 0 Å². The van der Waals surface area contributed by atoms with Crippen LogP contribution in [0.25, 0.3) is 22.6 Å². The number of imidazole rings is 1. The Balaban J connectivity index is 2.21. The van der Waals surface area contributed by atoms with Crippen LogP contribution in [0.5, 0.6) is 0 Å². The van der Waals surface area contributed by atoms with Crippen molar-refractivity contribution < 1.29 is 4.42 Å². The lowest BCUT2D eigenvalue weighted by Gasteiger charge is -1.89. The van der Waals surface area contributed by atoms with Gasteiger partial charge in [-0.2, -0.15) is 0 Å². The highest BCUT2D eigenvalue weighted by atomic mass is 79.9. The Hall–Kier alpha value is -1.62. The van der Waals surface area contributed by atoms with Crippen LogP contribution < -0.4 is 0 Å². The Labute approximate surface area is 106 Å². The lowest BCUT2D eigenvalue weighted by molar-refractivity contribution is 0.531. The smallest absolute Gasteiger partial charge is 0.192 e. The van der Waals surface area contributed by atoms with E-state index in [2.05, 4.69) is 30.9 Å². The molecule has 0 bridgehead atoms. The normalized spacial score (nSPS) is 11.2. The predicted octanol–water partition coefficient (Wildman–Crippen LogP) is 3.60. The van der Waals surface area contributed by atoms with Crippen LogP contribution in [0.1, 0.15) is 11.6 Å². The van der Waals surface area contributed by atoms with Crippen molar-refractivity contribution in [2.45, 2.75) is 13.8 Å². The summed E-state index contributed by atoms with van der Waals surface area (Å²) in [5.41, 5.74) is 2.74. The highest BCUT2D eigenvalue weighted by molar-refractivity contribution is 9.10. The van der Waals surface area contributed by atoms with Crippen molar-refractivity contribution in [1.82, 2.24) is 15.0 Å². The first kappa shape index (κ1) is 10.5. The third-order valence-corrected chi connectivity index (χ3v) is 3.06. The van der Waals surface area contributed by atoms with Gasteiger partial charge in [0.15, 0.2) is 17.5 Å². The Morgan fingerprint density at radius 3 is 2.76 bits per heavy atom. The molecule has 0 aliphatic heterocycles. The molecule has 3 aromatic rings. The summed E-state index contributed by atoms with van der Waals surface area (Å²) in [5, 5.41) is 0. The molecular formula is C12H10BrN3O. The number of oxazole rings is 1. The summed E-state index contributed by atoms with van der Waals surface area (Å²) in [5.74, 6) is 2.07. The Morgan fingerprint density at radius 2 is 2.06 bits per heavy atom. The molecule has 0 aliphatic carbocycles. The molecule has 4 nitrogen and oxygen atoms in total. The molecule has 0 spiro atoms. The van der Waals surface area contributed by atoms with Crippen LogP contribution in [0, 0.1) is 13.8 Å². The van der Waals surface area contributed by atoms with E-state index in [-0.39, 0.29) is 0 Å². The number of aromatic nitrogens is 3. The van der Waals surface area contributed by atoms with Crippen LogP contribution in [-0.4, -0.2) is 15.0 Å². The molecule has 0 saturated heterocycles. The van der Waals surface area contributed by atoms with Gasteiger partial charge in [0, 0.05) is 11.4 Å². The molecule has 0 atom stereocenters. The maximum Gasteiger partial charge on any atom is 0.192 e. The first-order valence-electron chi connectivity index (χ1n) is 5.23. The van der Waals surface area contributed by atoms with E-state index in [0.29, 0.717) is 11.7 Å². The monoisotopic (exact) mass is 291 g/mol. The van der Waals surface area contributed by atoms with Crippen LogP contribution in [-0.2, 0) is 0 Å². The molecule has 2 heterocycles. The molecule has 0 saturated carbocycles. The molecule has 0 unspecified atom stereocenters. The summed E-state index contributed by atoms with van der Waals surface area (Å²) in [7, 11) is 0. The van der Waals surface area contributed by atoms with Gasteiger partial charge in [-0.1, -0.05) is 15.9 Å². The van der Waals surface area contributed by atoms with Crippen LogP contribution >= 0.6 is 15.9 Å². The fourth-order valence-corrected chi connectivity index (χ4v) is 2.20. The predicted molar refractivity (Wildman–Crippen MR) is 68.8 cm³/mol. The lowest BCUT2D eigenvalue weighted by Crippen LogP contribution is -1.80. The van der Waals surface area contributed by atoms with E-state index in [9.17, 15) is 0 Å². The maximum atomic E-state index is 5.54. The number of hydrogen-bond donors (Lipinski definition) is 1. The van der Waals surface area contributed by atoms with Crippen LogP contribution in [0.4, 0.5) is 0 Å². The molecule has 0 fully saturated rings. The van der Waals surface area contributed by atoms with Crippen molar-refractivity contribution in [3.63, 3.8) is 0 Å². The zero-order valence-electron chi connectivity index (χ0n) is 9.41. The zero-order chi connectivity index (χ0) is 12.0. The molecule has 17 heavy (non-hydrogen) atoms. The van der Waals surface area contributed by atoms with Gasteiger partial charge >= 0.3 is 0 Å². The fraction of sp³-hybridized carbons (Fsp3) is 0.167. The number of halogens is 1. The third kappa shape index (κ3) is 1.76. The van der Waals surface area contributed by atoms with Gasteiger partial charge in [0.1, 0.15) is 0 Å². The van der Waals surface area contributed by atoms with Gasteiger partial charge in [-0.3, -0.25) is 0 Å². The van der Waals surface area contributed by atoms with Gasteiger partial charge in [-0.05, 0) is 25.1 Å². The molecule has 1 N–H and O–H groups in total. The zero-order valence-corrected chi connectivity index (χ0v) is 11.0. The molecule has 86 valence electrons. The quantitative estimate of drug-likeness (QED) is 0.745. The van der Waals surface area contributed by atoms with Crippen molar-refractivity contribution in [2.75, 3.05) is 0 Å². The minimum absolute atomic E-state index is 0.652. The Bertz CT molecular complexity index is 699. The van der Waals surface area contributed by atoms with Crippen molar-refractivity contribution in [3.05, 3.63) is 34.3 Å². The topological polar surface area (TPSA) is 54.7 Å². The Morgan fingerprint density at radius 1 is 1.24 bits per heavy atom. The largest absolute Gasteiger partial charge is 0.437 e. The average molecular weight is 292 g/mol. The van der Waals surface area contributed by atoms with Gasteiger partial charge in [0.05, 0.1) is 16.7 Å². The fourth-order valence-electron chi connectivity index (χ4n) is 1.84. The molecule has 0 radical (unpaired) electrons. The number of aryl methyl sites for hydroxylation is 2. The van der Waals surface area contributed by atoms with E-state index in [1.807, 2.05) is 32.0 Å². The second kappa shape index (κ2) is 3.70. The standard InChI is InChI=1S/C12H10BrN3O/c1-6-11(17-7(2)14-6)12-15-9-4-3-8(13)5-10(9)16-12/h3-5H,1-2H3,(H,15,16). The first-order valence-corrected chi connectivity index (χ1v) is 6.02. The van der Waals surface area contributed by atoms with Gasteiger partial charge < -0.3 is 9.40 Å². The number of nitrogens with one attached hydrogen (secondary N) is 1. The van der Waals surface area contributed by atoms with Gasteiger partial charge in [0.2, 0.25) is 0 Å². The van der Waals surface area contributed by atoms with E-state index < -0.39 is 0 Å². The summed E-state index contributed by atoms with van der Waals surface area (Å²) >= 11 is 3.43. The maximum absolute atomic E-state index is 5.54. The molecule has 2 aromatic heterocycles. The molecule has 1 aromatic carbocycles.